The largest absolute Gasteiger partial charge is 0.375 e. The number of hydrogen-bond donors (Lipinski definition) is 0. The van der Waals surface area contributed by atoms with E-state index >= 15 is 0 Å². The molecule has 0 radical (unpaired) electrons. The van der Waals surface area contributed by atoms with Crippen LogP contribution in [0.25, 0.3) is 0 Å². The summed E-state index contributed by atoms with van der Waals surface area (Å²) in [4.78, 5) is 2.23. The maximum Gasteiger partial charge on any atom is 0.162 e. The Morgan fingerprint density at radius 1 is 1.14 bits per heavy atom. The minimum absolute atomic E-state index is 0.332. The van der Waals surface area contributed by atoms with Gasteiger partial charge in [0.15, 0.2) is 5.15 Å². The van der Waals surface area contributed by atoms with Gasteiger partial charge in [0.25, 0.3) is 0 Å². The summed E-state index contributed by atoms with van der Waals surface area (Å²) in [5.74, 6) is 0. The maximum atomic E-state index is 9.17. The number of nitrogens with zero attached hydrogens (tertiary/aromatic N) is 3. The van der Waals surface area contributed by atoms with Gasteiger partial charge in [0.1, 0.15) is 16.6 Å². The predicted octanol–water partition coefficient (Wildman–Crippen LogP) is 3.99. The molecule has 0 unspecified atom stereocenters. The number of nitriles is 1. The third-order valence-electron chi connectivity index (χ3n) is 4.41. The van der Waals surface area contributed by atoms with Gasteiger partial charge in [0.2, 0.25) is 0 Å². The quantitative estimate of drug-likeness (QED) is 0.843. The van der Waals surface area contributed by atoms with Gasteiger partial charge < -0.3 is 9.64 Å². The smallest absolute Gasteiger partial charge is 0.162 e. The molecule has 114 valence electrons. The lowest BCUT2D eigenvalue weighted by Crippen LogP contribution is -2.38. The first-order valence-electron chi connectivity index (χ1n) is 7.73. The Morgan fingerprint density at radius 2 is 1.81 bits per heavy atom. The van der Waals surface area contributed by atoms with Crippen LogP contribution in [0.3, 0.4) is 0 Å². The molecular weight excluding hydrogens is 306 g/mol. The van der Waals surface area contributed by atoms with E-state index in [0.29, 0.717) is 22.9 Å². The Hall–Kier alpha value is -0.830. The van der Waals surface area contributed by atoms with E-state index in [4.69, 9.17) is 21.6 Å². The minimum atomic E-state index is 0.332. The van der Waals surface area contributed by atoms with Crippen LogP contribution in [0.15, 0.2) is 0 Å². The standard InChI is InChI=1S/C15H20ClN3OS/c16-14-13(10-17)15(21-18-14)19-8-6-12(7-9-19)20-11-4-2-1-3-5-11/h11-12H,1-9H2. The zero-order valence-electron chi connectivity index (χ0n) is 12.1. The number of aromatic nitrogens is 1. The van der Waals surface area contributed by atoms with Gasteiger partial charge >= 0.3 is 0 Å². The van der Waals surface area contributed by atoms with Crippen LogP contribution >= 0.6 is 23.1 Å². The van der Waals surface area contributed by atoms with Crippen molar-refractivity contribution in [1.29, 1.82) is 5.26 Å². The van der Waals surface area contributed by atoms with Gasteiger partial charge in [0.05, 0.1) is 12.2 Å². The number of anilines is 1. The molecular formula is C15H20ClN3OS. The molecule has 0 spiro atoms. The summed E-state index contributed by atoms with van der Waals surface area (Å²) in [5, 5.41) is 10.4. The summed E-state index contributed by atoms with van der Waals surface area (Å²) in [6, 6.07) is 2.16. The van der Waals surface area contributed by atoms with Crippen molar-refractivity contribution in [3.8, 4) is 6.07 Å². The average Bonchev–Trinajstić information content (AvgIpc) is 2.90. The summed E-state index contributed by atoms with van der Waals surface area (Å²) in [5.41, 5.74) is 0.522. The summed E-state index contributed by atoms with van der Waals surface area (Å²) >= 11 is 7.27. The van der Waals surface area contributed by atoms with Crippen molar-refractivity contribution < 1.29 is 4.74 Å². The van der Waals surface area contributed by atoms with Gasteiger partial charge in [-0.15, -0.1) is 0 Å². The van der Waals surface area contributed by atoms with E-state index in [2.05, 4.69) is 15.3 Å². The van der Waals surface area contributed by atoms with Gasteiger partial charge in [0, 0.05) is 13.1 Å². The zero-order chi connectivity index (χ0) is 14.7. The zero-order valence-corrected chi connectivity index (χ0v) is 13.6. The summed E-state index contributed by atoms with van der Waals surface area (Å²) in [6.45, 7) is 1.84. The monoisotopic (exact) mass is 325 g/mol. The van der Waals surface area contributed by atoms with Crippen molar-refractivity contribution in [3.63, 3.8) is 0 Å². The third-order valence-corrected chi connectivity index (χ3v) is 5.69. The molecule has 0 bridgehead atoms. The third kappa shape index (κ3) is 3.50. The second-order valence-electron chi connectivity index (χ2n) is 5.85. The van der Waals surface area contributed by atoms with E-state index in [9.17, 15) is 0 Å². The van der Waals surface area contributed by atoms with E-state index in [0.717, 1.165) is 30.9 Å². The van der Waals surface area contributed by atoms with Crippen molar-refractivity contribution in [2.45, 2.75) is 57.2 Å². The number of piperidine rings is 1. The molecule has 1 saturated carbocycles. The fraction of sp³-hybridized carbons (Fsp3) is 0.733. The molecule has 2 aliphatic rings. The van der Waals surface area contributed by atoms with Gasteiger partial charge in [-0.3, -0.25) is 0 Å². The SMILES string of the molecule is N#Cc1c(Cl)nsc1N1CCC(OC2CCCCC2)CC1. The number of ether oxygens (including phenoxy) is 1. The normalized spacial score (nSPS) is 21.4. The lowest BCUT2D eigenvalue weighted by atomic mass is 9.97. The molecule has 1 aromatic heterocycles. The van der Waals surface area contributed by atoms with Crippen LogP contribution in [0, 0.1) is 11.3 Å². The highest BCUT2D eigenvalue weighted by Crippen LogP contribution is 2.33. The van der Waals surface area contributed by atoms with E-state index in [1.54, 1.807) is 0 Å². The molecule has 0 atom stereocenters. The second-order valence-corrected chi connectivity index (χ2v) is 6.96. The number of halogens is 1. The lowest BCUT2D eigenvalue weighted by molar-refractivity contribution is -0.0394. The van der Waals surface area contributed by atoms with Crippen LogP contribution < -0.4 is 4.90 Å². The van der Waals surface area contributed by atoms with Crippen molar-refractivity contribution in [1.82, 2.24) is 4.37 Å². The van der Waals surface area contributed by atoms with Crippen LogP contribution in [0.2, 0.25) is 5.15 Å². The van der Waals surface area contributed by atoms with Crippen molar-refractivity contribution >= 4 is 28.1 Å². The summed E-state index contributed by atoms with van der Waals surface area (Å²) in [6.07, 6.45) is 9.34. The molecule has 1 aliphatic carbocycles. The summed E-state index contributed by atoms with van der Waals surface area (Å²) < 4.78 is 10.3. The Labute approximate surface area is 134 Å². The van der Waals surface area contributed by atoms with Gasteiger partial charge in [-0.25, -0.2) is 0 Å². The van der Waals surface area contributed by atoms with Crippen molar-refractivity contribution in [2.75, 3.05) is 18.0 Å². The van der Waals surface area contributed by atoms with Crippen molar-refractivity contribution in [2.24, 2.45) is 0 Å². The first-order chi connectivity index (χ1) is 10.3. The highest BCUT2D eigenvalue weighted by Gasteiger charge is 2.26. The topological polar surface area (TPSA) is 49.2 Å². The molecule has 2 fully saturated rings. The Balaban J connectivity index is 1.54. The first-order valence-corrected chi connectivity index (χ1v) is 8.88. The highest BCUT2D eigenvalue weighted by atomic mass is 35.5. The molecule has 0 aromatic carbocycles. The van der Waals surface area contributed by atoms with Gasteiger partial charge in [-0.1, -0.05) is 30.9 Å². The van der Waals surface area contributed by atoms with E-state index < -0.39 is 0 Å². The molecule has 6 heteroatoms. The van der Waals surface area contributed by atoms with Crippen LogP contribution in [-0.4, -0.2) is 29.7 Å². The fourth-order valence-corrected chi connectivity index (χ4v) is 4.32. The molecule has 0 N–H and O–H groups in total. The second kappa shape index (κ2) is 6.95. The Kier molecular flexibility index (Phi) is 4.99. The van der Waals surface area contributed by atoms with E-state index in [1.165, 1.54) is 43.6 Å². The molecule has 1 saturated heterocycles. The first kappa shape index (κ1) is 15.1. The lowest BCUT2D eigenvalue weighted by Gasteiger charge is -2.35. The summed E-state index contributed by atoms with van der Waals surface area (Å²) in [7, 11) is 0. The fourth-order valence-electron chi connectivity index (χ4n) is 3.24. The average molecular weight is 326 g/mol. The number of hydrogen-bond acceptors (Lipinski definition) is 5. The molecule has 4 nitrogen and oxygen atoms in total. The molecule has 2 heterocycles. The molecule has 21 heavy (non-hydrogen) atoms. The van der Waals surface area contributed by atoms with Crippen LogP contribution in [0.4, 0.5) is 5.00 Å². The Bertz CT molecular complexity index is 513. The van der Waals surface area contributed by atoms with Gasteiger partial charge in [-0.2, -0.15) is 9.64 Å². The van der Waals surface area contributed by atoms with Crippen LogP contribution in [0.1, 0.15) is 50.5 Å². The number of rotatable bonds is 3. The van der Waals surface area contributed by atoms with Crippen LogP contribution in [0.5, 0.6) is 0 Å². The van der Waals surface area contributed by atoms with E-state index in [-0.39, 0.29) is 0 Å². The minimum Gasteiger partial charge on any atom is -0.375 e. The van der Waals surface area contributed by atoms with Crippen molar-refractivity contribution in [3.05, 3.63) is 10.7 Å². The molecule has 3 rings (SSSR count). The molecule has 1 aromatic rings. The Morgan fingerprint density at radius 3 is 2.48 bits per heavy atom. The highest BCUT2D eigenvalue weighted by molar-refractivity contribution is 7.10. The predicted molar refractivity (Wildman–Crippen MR) is 85.0 cm³/mol. The van der Waals surface area contributed by atoms with E-state index in [1.807, 2.05) is 0 Å². The molecule has 0 amide bonds. The van der Waals surface area contributed by atoms with Gasteiger partial charge in [-0.05, 0) is 37.2 Å². The van der Waals surface area contributed by atoms with Crippen LogP contribution in [-0.2, 0) is 4.74 Å². The molecule has 1 aliphatic heterocycles. The maximum absolute atomic E-state index is 9.17.